The van der Waals surface area contributed by atoms with E-state index in [2.05, 4.69) is 10.1 Å². The second kappa shape index (κ2) is 8.33. The van der Waals surface area contributed by atoms with E-state index in [1.165, 1.54) is 23.7 Å². The Hall–Kier alpha value is -3.10. The van der Waals surface area contributed by atoms with Crippen LogP contribution in [0, 0.1) is 5.82 Å². The molecule has 0 radical (unpaired) electrons. The fourth-order valence-electron chi connectivity index (χ4n) is 3.43. The van der Waals surface area contributed by atoms with E-state index < -0.39 is 0 Å². The number of halogens is 1. The minimum Gasteiger partial charge on any atom is -0.380 e. The first-order valence-corrected chi connectivity index (χ1v) is 10.2. The summed E-state index contributed by atoms with van der Waals surface area (Å²) in [5.74, 6) is -0.496. The maximum absolute atomic E-state index is 14.4. The fourth-order valence-corrected chi connectivity index (χ4v) is 4.63. The van der Waals surface area contributed by atoms with Crippen LogP contribution in [0.2, 0.25) is 0 Å². The third-order valence-corrected chi connectivity index (χ3v) is 6.39. The van der Waals surface area contributed by atoms with Gasteiger partial charge in [-0.05, 0) is 36.8 Å². The van der Waals surface area contributed by atoms with Crippen LogP contribution in [-0.4, -0.2) is 39.7 Å². The summed E-state index contributed by atoms with van der Waals surface area (Å²) in [7, 11) is 3.30. The molecule has 0 saturated heterocycles. The van der Waals surface area contributed by atoms with Crippen LogP contribution in [0.15, 0.2) is 55.1 Å². The number of carbonyl (C=O) groups is 1. The number of aromatic nitrogens is 3. The van der Waals surface area contributed by atoms with Crippen molar-refractivity contribution in [2.75, 3.05) is 14.2 Å². The zero-order valence-corrected chi connectivity index (χ0v) is 17.7. The number of rotatable bonds is 6. The SMILES string of the molecule is COCc1c(C(=O)N(C)C(C)c2ccc(-n3cncn3)cc2)sc2cccc(F)c12. The maximum atomic E-state index is 14.4. The predicted molar refractivity (Wildman–Crippen MR) is 114 cm³/mol. The van der Waals surface area contributed by atoms with E-state index >= 15 is 0 Å². The molecule has 6 nitrogen and oxygen atoms in total. The number of amides is 1. The van der Waals surface area contributed by atoms with Gasteiger partial charge in [0.2, 0.25) is 0 Å². The molecule has 2 aromatic heterocycles. The largest absolute Gasteiger partial charge is 0.380 e. The highest BCUT2D eigenvalue weighted by Gasteiger charge is 2.26. The molecule has 0 aliphatic carbocycles. The number of thiophene rings is 1. The molecule has 0 fully saturated rings. The van der Waals surface area contributed by atoms with Gasteiger partial charge < -0.3 is 9.64 Å². The number of methoxy groups -OCH3 is 1. The van der Waals surface area contributed by atoms with E-state index in [0.29, 0.717) is 15.8 Å². The molecular formula is C22H21FN4O2S. The topological polar surface area (TPSA) is 60.2 Å². The van der Waals surface area contributed by atoms with Crippen LogP contribution >= 0.6 is 11.3 Å². The van der Waals surface area contributed by atoms with Crippen molar-refractivity contribution in [1.82, 2.24) is 19.7 Å². The van der Waals surface area contributed by atoms with Gasteiger partial charge in [0.1, 0.15) is 18.5 Å². The Morgan fingerprint density at radius 1 is 1.27 bits per heavy atom. The second-order valence-electron chi connectivity index (χ2n) is 6.98. The number of ether oxygens (including phenoxy) is 1. The fraction of sp³-hybridized carbons (Fsp3) is 0.227. The van der Waals surface area contributed by atoms with Crippen molar-refractivity contribution in [3.63, 3.8) is 0 Å². The van der Waals surface area contributed by atoms with E-state index in [0.717, 1.165) is 16.0 Å². The van der Waals surface area contributed by atoms with Crippen LogP contribution < -0.4 is 0 Å². The zero-order chi connectivity index (χ0) is 21.3. The van der Waals surface area contributed by atoms with Crippen molar-refractivity contribution >= 4 is 27.3 Å². The lowest BCUT2D eigenvalue weighted by Gasteiger charge is -2.25. The summed E-state index contributed by atoms with van der Waals surface area (Å²) in [6.07, 6.45) is 3.11. The Morgan fingerprint density at radius 3 is 2.70 bits per heavy atom. The van der Waals surface area contributed by atoms with E-state index in [9.17, 15) is 9.18 Å². The molecule has 0 N–H and O–H groups in total. The number of carbonyl (C=O) groups excluding carboxylic acids is 1. The summed E-state index contributed by atoms with van der Waals surface area (Å²) < 4.78 is 22.1. The molecule has 1 unspecified atom stereocenters. The molecule has 30 heavy (non-hydrogen) atoms. The Labute approximate surface area is 177 Å². The predicted octanol–water partition coefficient (Wildman–Crippen LogP) is 4.60. The van der Waals surface area contributed by atoms with Gasteiger partial charge in [-0.15, -0.1) is 11.3 Å². The van der Waals surface area contributed by atoms with Gasteiger partial charge in [-0.2, -0.15) is 5.10 Å². The highest BCUT2D eigenvalue weighted by molar-refractivity contribution is 7.21. The monoisotopic (exact) mass is 424 g/mol. The van der Waals surface area contributed by atoms with E-state index in [-0.39, 0.29) is 24.4 Å². The van der Waals surface area contributed by atoms with Crippen molar-refractivity contribution in [1.29, 1.82) is 0 Å². The van der Waals surface area contributed by atoms with Gasteiger partial charge in [0, 0.05) is 29.8 Å². The van der Waals surface area contributed by atoms with Crippen molar-refractivity contribution in [3.05, 3.63) is 76.9 Å². The number of benzene rings is 2. The standard InChI is InChI=1S/C22H21FN4O2S/c1-14(15-7-9-16(10-8-15)27-13-24-12-25-27)26(2)22(28)21-17(11-29-3)20-18(23)5-4-6-19(20)30-21/h4-10,12-14H,11H2,1-3H3. The lowest BCUT2D eigenvalue weighted by Crippen LogP contribution is -2.29. The smallest absolute Gasteiger partial charge is 0.264 e. The average Bonchev–Trinajstić information content (AvgIpc) is 3.42. The third-order valence-electron chi connectivity index (χ3n) is 5.21. The molecule has 2 aromatic carbocycles. The quantitative estimate of drug-likeness (QED) is 0.454. The van der Waals surface area contributed by atoms with Gasteiger partial charge in [0.15, 0.2) is 0 Å². The number of fused-ring (bicyclic) bond motifs is 1. The molecule has 154 valence electrons. The first-order valence-electron chi connectivity index (χ1n) is 9.42. The summed E-state index contributed by atoms with van der Waals surface area (Å²) in [6.45, 7) is 2.14. The Balaban J connectivity index is 1.63. The van der Waals surface area contributed by atoms with Gasteiger partial charge in [0.05, 0.1) is 23.2 Å². The Morgan fingerprint density at radius 2 is 2.03 bits per heavy atom. The molecule has 0 spiro atoms. The van der Waals surface area contributed by atoms with Gasteiger partial charge in [0.25, 0.3) is 5.91 Å². The van der Waals surface area contributed by atoms with Gasteiger partial charge in [-0.3, -0.25) is 4.79 Å². The molecule has 0 bridgehead atoms. The molecule has 0 saturated carbocycles. The van der Waals surface area contributed by atoms with E-state index in [4.69, 9.17) is 4.74 Å². The summed E-state index contributed by atoms with van der Waals surface area (Å²) in [5.41, 5.74) is 2.47. The summed E-state index contributed by atoms with van der Waals surface area (Å²) >= 11 is 1.30. The molecular weight excluding hydrogens is 403 g/mol. The van der Waals surface area contributed by atoms with Crippen LogP contribution in [0.25, 0.3) is 15.8 Å². The van der Waals surface area contributed by atoms with Crippen molar-refractivity contribution < 1.29 is 13.9 Å². The Bertz CT molecular complexity index is 1170. The number of nitrogens with zero attached hydrogens (tertiary/aromatic N) is 4. The molecule has 1 amide bonds. The van der Waals surface area contributed by atoms with Crippen molar-refractivity contribution in [2.24, 2.45) is 0 Å². The molecule has 0 aliphatic heterocycles. The van der Waals surface area contributed by atoms with Crippen LogP contribution in [0.3, 0.4) is 0 Å². The molecule has 8 heteroatoms. The Kier molecular flexibility index (Phi) is 5.61. The molecule has 2 heterocycles. The third kappa shape index (κ3) is 3.59. The average molecular weight is 425 g/mol. The van der Waals surface area contributed by atoms with E-state index in [1.54, 1.807) is 36.1 Å². The summed E-state index contributed by atoms with van der Waals surface area (Å²) in [6, 6.07) is 12.5. The minimum absolute atomic E-state index is 0.157. The highest BCUT2D eigenvalue weighted by atomic mass is 32.1. The molecule has 0 aliphatic rings. The first kappa shape index (κ1) is 20.2. The lowest BCUT2D eigenvalue weighted by atomic mass is 10.1. The maximum Gasteiger partial charge on any atom is 0.264 e. The first-order chi connectivity index (χ1) is 14.5. The lowest BCUT2D eigenvalue weighted by molar-refractivity contribution is 0.0743. The molecule has 1 atom stereocenters. The highest BCUT2D eigenvalue weighted by Crippen LogP contribution is 2.35. The van der Waals surface area contributed by atoms with Crippen molar-refractivity contribution in [3.8, 4) is 5.69 Å². The van der Waals surface area contributed by atoms with Crippen molar-refractivity contribution in [2.45, 2.75) is 19.6 Å². The van der Waals surface area contributed by atoms with Crippen LogP contribution in [0.5, 0.6) is 0 Å². The zero-order valence-electron chi connectivity index (χ0n) is 16.9. The number of hydrogen-bond acceptors (Lipinski definition) is 5. The van der Waals surface area contributed by atoms with Gasteiger partial charge >= 0.3 is 0 Å². The molecule has 4 rings (SSSR count). The minimum atomic E-state index is -0.339. The van der Waals surface area contributed by atoms with Crippen LogP contribution in [0.1, 0.15) is 33.8 Å². The van der Waals surface area contributed by atoms with Crippen LogP contribution in [0.4, 0.5) is 4.39 Å². The number of hydrogen-bond donors (Lipinski definition) is 0. The molecule has 4 aromatic rings. The van der Waals surface area contributed by atoms with Crippen LogP contribution in [-0.2, 0) is 11.3 Å². The van der Waals surface area contributed by atoms with E-state index in [1.807, 2.05) is 37.3 Å². The normalized spacial score (nSPS) is 12.3. The van der Waals surface area contributed by atoms with Gasteiger partial charge in [-0.25, -0.2) is 14.1 Å². The summed E-state index contributed by atoms with van der Waals surface area (Å²) in [4.78, 5) is 19.5. The van der Waals surface area contributed by atoms with Gasteiger partial charge in [-0.1, -0.05) is 18.2 Å². The summed E-state index contributed by atoms with van der Waals surface area (Å²) in [5, 5.41) is 4.58. The second-order valence-corrected chi connectivity index (χ2v) is 8.03.